The number of halogens is 1. The van der Waals surface area contributed by atoms with Gasteiger partial charge in [-0.3, -0.25) is 4.99 Å². The molecule has 0 aromatic rings. The number of guanidine groups is 1. The molecule has 25 heavy (non-hydrogen) atoms. The Balaban J connectivity index is 0. The summed E-state index contributed by atoms with van der Waals surface area (Å²) in [4.78, 5) is 18.3. The molecule has 7 nitrogen and oxygen atoms in total. The lowest BCUT2D eigenvalue weighted by atomic mass is 10.1. The zero-order valence-electron chi connectivity index (χ0n) is 17.2. The second-order valence-corrected chi connectivity index (χ2v) is 7.61. The van der Waals surface area contributed by atoms with Crippen LogP contribution < -0.4 is 16.0 Å². The molecule has 0 saturated heterocycles. The first-order chi connectivity index (χ1) is 11.0. The van der Waals surface area contributed by atoms with Crippen molar-refractivity contribution in [3.63, 3.8) is 0 Å². The highest BCUT2D eigenvalue weighted by atomic mass is 127. The monoisotopic (exact) mass is 471 g/mol. The Labute approximate surface area is 170 Å². The highest BCUT2D eigenvalue weighted by Crippen LogP contribution is 2.09. The van der Waals surface area contributed by atoms with Crippen molar-refractivity contribution < 1.29 is 9.53 Å². The van der Waals surface area contributed by atoms with Crippen molar-refractivity contribution in [2.24, 2.45) is 4.99 Å². The maximum absolute atomic E-state index is 11.5. The molecule has 8 heteroatoms. The standard InChI is InChI=1S/C17H37N5O2.HI/c1-9-18-14(21-13-17(5,6)22(7)8)19-11-10-12-20-15(23)24-16(2,3)4;/h9-13H2,1-8H3,(H,20,23)(H2,18,19,21);1H. The van der Waals surface area contributed by atoms with Crippen LogP contribution in [0.15, 0.2) is 4.99 Å². The number of carbonyl (C=O) groups is 1. The fourth-order valence-corrected chi connectivity index (χ4v) is 1.56. The number of nitrogens with one attached hydrogen (secondary N) is 3. The van der Waals surface area contributed by atoms with Crippen LogP contribution >= 0.6 is 24.0 Å². The van der Waals surface area contributed by atoms with Crippen LogP contribution in [0, 0.1) is 0 Å². The van der Waals surface area contributed by atoms with E-state index in [0.717, 1.165) is 25.5 Å². The smallest absolute Gasteiger partial charge is 0.407 e. The van der Waals surface area contributed by atoms with Gasteiger partial charge in [-0.25, -0.2) is 4.79 Å². The van der Waals surface area contributed by atoms with Crippen molar-refractivity contribution in [2.45, 2.75) is 59.1 Å². The number of ether oxygens (including phenoxy) is 1. The summed E-state index contributed by atoms with van der Waals surface area (Å²) in [7, 11) is 4.11. The van der Waals surface area contributed by atoms with Gasteiger partial charge in [0.1, 0.15) is 5.60 Å². The van der Waals surface area contributed by atoms with Crippen molar-refractivity contribution in [1.29, 1.82) is 0 Å². The van der Waals surface area contributed by atoms with Crippen molar-refractivity contribution in [3.8, 4) is 0 Å². The third kappa shape index (κ3) is 14.1. The molecule has 3 N–H and O–H groups in total. The highest BCUT2D eigenvalue weighted by molar-refractivity contribution is 14.0. The number of amides is 1. The molecule has 0 bridgehead atoms. The van der Waals surface area contributed by atoms with Gasteiger partial charge in [-0.15, -0.1) is 24.0 Å². The first-order valence-electron chi connectivity index (χ1n) is 8.64. The molecule has 0 unspecified atom stereocenters. The van der Waals surface area contributed by atoms with Crippen LogP contribution in [0.2, 0.25) is 0 Å². The Morgan fingerprint density at radius 2 is 1.60 bits per heavy atom. The number of carbonyl (C=O) groups excluding carboxylic acids is 1. The second-order valence-electron chi connectivity index (χ2n) is 7.61. The Morgan fingerprint density at radius 1 is 1.04 bits per heavy atom. The normalized spacial score (nSPS) is 12.4. The lowest BCUT2D eigenvalue weighted by molar-refractivity contribution is 0.0527. The van der Waals surface area contributed by atoms with E-state index in [4.69, 9.17) is 4.74 Å². The minimum atomic E-state index is -0.466. The molecular weight excluding hydrogens is 433 g/mol. The maximum Gasteiger partial charge on any atom is 0.407 e. The Hall–Kier alpha value is -0.770. The van der Waals surface area contributed by atoms with Gasteiger partial charge in [-0.05, 0) is 62.1 Å². The van der Waals surface area contributed by atoms with Crippen LogP contribution in [0.1, 0.15) is 48.0 Å². The van der Waals surface area contributed by atoms with E-state index >= 15 is 0 Å². The number of rotatable bonds is 8. The van der Waals surface area contributed by atoms with E-state index in [9.17, 15) is 4.79 Å². The summed E-state index contributed by atoms with van der Waals surface area (Å²) >= 11 is 0. The molecule has 150 valence electrons. The minimum Gasteiger partial charge on any atom is -0.444 e. The molecule has 0 fully saturated rings. The van der Waals surface area contributed by atoms with E-state index in [1.165, 1.54) is 0 Å². The van der Waals surface area contributed by atoms with E-state index in [0.29, 0.717) is 13.1 Å². The van der Waals surface area contributed by atoms with Gasteiger partial charge >= 0.3 is 6.09 Å². The highest BCUT2D eigenvalue weighted by Gasteiger charge is 2.20. The van der Waals surface area contributed by atoms with Crippen molar-refractivity contribution in [2.75, 3.05) is 40.3 Å². The van der Waals surface area contributed by atoms with Crippen molar-refractivity contribution in [1.82, 2.24) is 20.9 Å². The minimum absolute atomic E-state index is 0. The first kappa shape index (κ1) is 26.5. The SMILES string of the molecule is CCNC(=NCC(C)(C)N(C)C)NCCCNC(=O)OC(C)(C)C.I. The fraction of sp³-hybridized carbons (Fsp3) is 0.882. The maximum atomic E-state index is 11.5. The molecule has 1 amide bonds. The Morgan fingerprint density at radius 3 is 2.08 bits per heavy atom. The van der Waals surface area contributed by atoms with Crippen molar-refractivity contribution in [3.05, 3.63) is 0 Å². The van der Waals surface area contributed by atoms with E-state index in [1.807, 2.05) is 27.7 Å². The largest absolute Gasteiger partial charge is 0.444 e. The van der Waals surface area contributed by atoms with Gasteiger partial charge in [0, 0.05) is 25.2 Å². The molecule has 0 aromatic carbocycles. The quantitative estimate of drug-likeness (QED) is 0.219. The molecular formula is C17H38IN5O2. The van der Waals surface area contributed by atoms with Crippen LogP contribution in [0.4, 0.5) is 4.79 Å². The van der Waals surface area contributed by atoms with E-state index in [2.05, 4.69) is 53.8 Å². The molecule has 0 aliphatic carbocycles. The van der Waals surface area contributed by atoms with E-state index < -0.39 is 5.60 Å². The third-order valence-electron chi connectivity index (χ3n) is 3.49. The summed E-state index contributed by atoms with van der Waals surface area (Å²) in [5, 5.41) is 9.26. The van der Waals surface area contributed by atoms with Gasteiger partial charge in [0.2, 0.25) is 0 Å². The third-order valence-corrected chi connectivity index (χ3v) is 3.49. The Bertz CT molecular complexity index is 406. The number of likely N-dealkylation sites (N-methyl/N-ethyl adjacent to an activating group) is 1. The number of alkyl carbamates (subject to hydrolysis) is 1. The van der Waals surface area contributed by atoms with Gasteiger partial charge < -0.3 is 25.6 Å². The van der Waals surface area contributed by atoms with Crippen LogP contribution in [-0.4, -0.2) is 68.4 Å². The molecule has 0 radical (unpaired) electrons. The van der Waals surface area contributed by atoms with E-state index in [1.54, 1.807) is 0 Å². The average Bonchev–Trinajstić information content (AvgIpc) is 2.42. The molecule has 0 rings (SSSR count). The molecule has 0 spiro atoms. The molecule has 0 aliphatic rings. The van der Waals surface area contributed by atoms with Gasteiger partial charge in [0.15, 0.2) is 5.96 Å². The number of hydrogen-bond donors (Lipinski definition) is 3. The van der Waals surface area contributed by atoms with E-state index in [-0.39, 0.29) is 35.6 Å². The topological polar surface area (TPSA) is 78.0 Å². The predicted molar refractivity (Wildman–Crippen MR) is 116 cm³/mol. The van der Waals surface area contributed by atoms with Crippen molar-refractivity contribution >= 4 is 36.0 Å². The summed E-state index contributed by atoms with van der Waals surface area (Å²) in [5.74, 6) is 0.796. The lowest BCUT2D eigenvalue weighted by Gasteiger charge is -2.31. The van der Waals surface area contributed by atoms with Gasteiger partial charge in [-0.1, -0.05) is 0 Å². The molecule has 0 saturated carbocycles. The summed E-state index contributed by atoms with van der Waals surface area (Å²) in [6.45, 7) is 14.7. The Kier molecular flexibility index (Phi) is 13.3. The van der Waals surface area contributed by atoms with Crippen LogP contribution in [0.3, 0.4) is 0 Å². The fourth-order valence-electron chi connectivity index (χ4n) is 1.56. The number of hydrogen-bond acceptors (Lipinski definition) is 4. The molecule has 0 aliphatic heterocycles. The van der Waals surface area contributed by atoms with Gasteiger partial charge in [0.25, 0.3) is 0 Å². The number of nitrogens with zero attached hydrogens (tertiary/aromatic N) is 2. The molecule has 0 atom stereocenters. The van der Waals surface area contributed by atoms with Crippen LogP contribution in [-0.2, 0) is 4.74 Å². The first-order valence-corrected chi connectivity index (χ1v) is 8.64. The summed E-state index contributed by atoms with van der Waals surface area (Å²) in [5.41, 5.74) is -0.465. The summed E-state index contributed by atoms with van der Waals surface area (Å²) in [6.07, 6.45) is 0.414. The second kappa shape index (κ2) is 12.6. The lowest BCUT2D eigenvalue weighted by Crippen LogP contribution is -2.44. The zero-order valence-corrected chi connectivity index (χ0v) is 19.5. The molecule has 0 aromatic heterocycles. The van der Waals surface area contributed by atoms with Crippen LogP contribution in [0.5, 0.6) is 0 Å². The summed E-state index contributed by atoms with van der Waals surface area (Å²) < 4.78 is 5.19. The zero-order chi connectivity index (χ0) is 18.8. The number of aliphatic imine (C=N–C) groups is 1. The molecule has 0 heterocycles. The van der Waals surface area contributed by atoms with Gasteiger partial charge in [0.05, 0.1) is 6.54 Å². The van der Waals surface area contributed by atoms with Gasteiger partial charge in [-0.2, -0.15) is 0 Å². The predicted octanol–water partition coefficient (Wildman–Crippen LogP) is 2.41. The van der Waals surface area contributed by atoms with Crippen LogP contribution in [0.25, 0.3) is 0 Å². The average molecular weight is 471 g/mol. The summed E-state index contributed by atoms with van der Waals surface area (Å²) in [6, 6.07) is 0.